The van der Waals surface area contributed by atoms with E-state index in [-0.39, 0.29) is 42.8 Å². The summed E-state index contributed by atoms with van der Waals surface area (Å²) in [4.78, 5) is 10.5. The van der Waals surface area contributed by atoms with E-state index in [1.54, 1.807) is 0 Å². The van der Waals surface area contributed by atoms with Crippen LogP contribution in [0.25, 0.3) is 0 Å². The first-order chi connectivity index (χ1) is 4.18. The molecule has 0 unspecified atom stereocenters. The molecule has 11 heavy (non-hydrogen) atoms. The maximum atomic E-state index is 5.14. The molecule has 0 atom stereocenters. The van der Waals surface area contributed by atoms with Crippen molar-refractivity contribution in [3.8, 4) is 0 Å². The molecule has 1 heterocycles. The summed E-state index contributed by atoms with van der Waals surface area (Å²) in [6.45, 7) is 0. The smallest absolute Gasteiger partial charge is 2.00 e. The summed E-state index contributed by atoms with van der Waals surface area (Å²) in [5.41, 5.74) is 15.4. The van der Waals surface area contributed by atoms with Crippen LogP contribution < -0.4 is 17.2 Å². The van der Waals surface area contributed by atoms with Gasteiger partial charge in [0, 0.05) is 0 Å². The number of nitrogen functional groups attached to an aromatic ring is 3. The Balaban J connectivity index is 0. The van der Waals surface area contributed by atoms with Gasteiger partial charge in [0.05, 0.1) is 0 Å². The Kier molecular flexibility index (Phi) is 5.47. The molecule has 0 aromatic carbocycles. The van der Waals surface area contributed by atoms with Crippen molar-refractivity contribution < 1.29 is 25.0 Å². The number of hydrogen-bond donors (Lipinski definition) is 3. The molecule has 0 aliphatic rings. The number of nitrogens with two attached hydrogens (primary N) is 3. The number of hydrogen-bond acceptors (Lipinski definition) is 6. The van der Waals surface area contributed by atoms with Crippen molar-refractivity contribution in [3.05, 3.63) is 0 Å². The van der Waals surface area contributed by atoms with E-state index in [0.29, 0.717) is 0 Å². The minimum absolute atomic E-state index is 0. The van der Waals surface area contributed by atoms with Crippen LogP contribution in [0.4, 0.5) is 17.8 Å². The van der Waals surface area contributed by atoms with E-state index >= 15 is 0 Å². The van der Waals surface area contributed by atoms with Crippen LogP contribution in [-0.2, 0) is 25.0 Å². The molecule has 0 saturated heterocycles. The largest absolute Gasteiger partial charge is 2.00 e. The van der Waals surface area contributed by atoms with Crippen LogP contribution in [0, 0.1) is 0 Å². The Bertz CT molecular complexity index is 179. The van der Waals surface area contributed by atoms with Gasteiger partial charge in [0.2, 0.25) is 17.8 Å². The first-order valence-corrected chi connectivity index (χ1v) is 2.21. The average Bonchev–Trinajstić information content (AvgIpc) is 1.59. The number of aromatic nitrogens is 3. The summed E-state index contributed by atoms with van der Waals surface area (Å²) in [6, 6.07) is 0. The third-order valence-corrected chi connectivity index (χ3v) is 0.687. The first kappa shape index (κ1) is 12.7. The van der Waals surface area contributed by atoms with Crippen molar-refractivity contribution in [2.24, 2.45) is 0 Å². The fraction of sp³-hybridized carbons (Fsp3) is 0. The Morgan fingerprint density at radius 2 is 0.909 bits per heavy atom. The summed E-state index contributed by atoms with van der Waals surface area (Å²) in [6.07, 6.45) is 0. The van der Waals surface area contributed by atoms with Gasteiger partial charge in [-0.2, -0.15) is 15.0 Å². The summed E-state index contributed by atoms with van der Waals surface area (Å²) in [5, 5.41) is 0. The third kappa shape index (κ3) is 3.64. The molecule has 0 spiro atoms. The molecular weight excluding hydrogens is 201 g/mol. The SMILES string of the molecule is Nc1nc(N)nc(N)n1.[O-2].[Zn+2]. The van der Waals surface area contributed by atoms with Crippen molar-refractivity contribution in [1.82, 2.24) is 15.0 Å². The van der Waals surface area contributed by atoms with Crippen LogP contribution in [0.1, 0.15) is 0 Å². The van der Waals surface area contributed by atoms with E-state index in [4.69, 9.17) is 17.2 Å². The van der Waals surface area contributed by atoms with Crippen molar-refractivity contribution in [3.63, 3.8) is 0 Å². The molecule has 1 rings (SSSR count). The molecule has 56 valence electrons. The molecule has 0 bridgehead atoms. The molecule has 0 fully saturated rings. The van der Waals surface area contributed by atoms with Gasteiger partial charge >= 0.3 is 19.5 Å². The molecule has 1 aromatic rings. The Morgan fingerprint density at radius 3 is 1.09 bits per heavy atom. The standard InChI is InChI=1S/C3H6N6.O.Zn/c4-1-7-2(5)9-3(6)8-1;;/h(H6,4,5,6,7,8,9);;/q;-2;+2. The van der Waals surface area contributed by atoms with Crippen LogP contribution in [-0.4, -0.2) is 15.0 Å². The van der Waals surface area contributed by atoms with Gasteiger partial charge in [-0.1, -0.05) is 0 Å². The molecular formula is C3H6N6OZn. The van der Waals surface area contributed by atoms with Crippen LogP contribution in [0.3, 0.4) is 0 Å². The molecule has 0 saturated carbocycles. The average molecular weight is 208 g/mol. The first-order valence-electron chi connectivity index (χ1n) is 2.21. The number of nitrogens with zero attached hydrogens (tertiary/aromatic N) is 3. The topological polar surface area (TPSA) is 145 Å². The van der Waals surface area contributed by atoms with Crippen molar-refractivity contribution in [1.29, 1.82) is 0 Å². The summed E-state index contributed by atoms with van der Waals surface area (Å²) >= 11 is 0. The van der Waals surface area contributed by atoms with Crippen LogP contribution in [0.2, 0.25) is 0 Å². The fourth-order valence-corrected chi connectivity index (χ4v) is 0.427. The second-order valence-electron chi connectivity index (χ2n) is 1.41. The zero-order valence-electron chi connectivity index (χ0n) is 5.69. The number of rotatable bonds is 0. The van der Waals surface area contributed by atoms with Crippen LogP contribution in [0.15, 0.2) is 0 Å². The number of anilines is 3. The van der Waals surface area contributed by atoms with Crippen LogP contribution in [0.5, 0.6) is 0 Å². The Morgan fingerprint density at radius 1 is 0.727 bits per heavy atom. The summed E-state index contributed by atoms with van der Waals surface area (Å²) in [5.74, 6) is 0.125. The summed E-state index contributed by atoms with van der Waals surface area (Å²) < 4.78 is 0. The van der Waals surface area contributed by atoms with Crippen LogP contribution >= 0.6 is 0 Å². The van der Waals surface area contributed by atoms with E-state index in [0.717, 1.165) is 0 Å². The molecule has 0 aliphatic carbocycles. The normalized spacial score (nSPS) is 7.64. The van der Waals surface area contributed by atoms with Gasteiger partial charge in [-0.25, -0.2) is 0 Å². The van der Waals surface area contributed by atoms with Gasteiger partial charge in [0.1, 0.15) is 0 Å². The molecule has 1 aromatic heterocycles. The molecule has 6 N–H and O–H groups in total. The van der Waals surface area contributed by atoms with Crippen molar-refractivity contribution >= 4 is 17.8 Å². The molecule has 0 aliphatic heterocycles. The van der Waals surface area contributed by atoms with E-state index in [9.17, 15) is 0 Å². The zero-order chi connectivity index (χ0) is 6.85. The Labute approximate surface area is 75.5 Å². The van der Waals surface area contributed by atoms with Gasteiger partial charge < -0.3 is 22.7 Å². The quantitative estimate of drug-likeness (QED) is 0.441. The fourth-order valence-electron chi connectivity index (χ4n) is 0.427. The van der Waals surface area contributed by atoms with Crippen molar-refractivity contribution in [2.75, 3.05) is 17.2 Å². The zero-order valence-corrected chi connectivity index (χ0v) is 8.66. The maximum absolute atomic E-state index is 5.14. The van der Waals surface area contributed by atoms with Gasteiger partial charge in [0.25, 0.3) is 0 Å². The second-order valence-corrected chi connectivity index (χ2v) is 1.41. The molecule has 0 radical (unpaired) electrons. The Hall–Kier alpha value is -1.01. The maximum Gasteiger partial charge on any atom is 2.00 e. The van der Waals surface area contributed by atoms with Gasteiger partial charge in [-0.3, -0.25) is 0 Å². The van der Waals surface area contributed by atoms with E-state index in [1.807, 2.05) is 0 Å². The van der Waals surface area contributed by atoms with E-state index in [1.165, 1.54) is 0 Å². The summed E-state index contributed by atoms with van der Waals surface area (Å²) in [7, 11) is 0. The van der Waals surface area contributed by atoms with Gasteiger partial charge in [0.15, 0.2) is 0 Å². The molecule has 0 amide bonds. The predicted molar refractivity (Wildman–Crippen MR) is 33.8 cm³/mol. The van der Waals surface area contributed by atoms with Gasteiger partial charge in [-0.15, -0.1) is 0 Å². The minimum Gasteiger partial charge on any atom is -2.00 e. The van der Waals surface area contributed by atoms with Gasteiger partial charge in [-0.05, 0) is 0 Å². The monoisotopic (exact) mass is 206 g/mol. The van der Waals surface area contributed by atoms with E-state index in [2.05, 4.69) is 15.0 Å². The predicted octanol–water partition coefficient (Wildman–Crippen LogP) is -1.50. The molecule has 8 heteroatoms. The second kappa shape index (κ2) is 4.75. The third-order valence-electron chi connectivity index (χ3n) is 0.687. The minimum atomic E-state index is 0. The molecule has 7 nitrogen and oxygen atoms in total. The van der Waals surface area contributed by atoms with E-state index < -0.39 is 0 Å². The van der Waals surface area contributed by atoms with Crippen molar-refractivity contribution in [2.45, 2.75) is 0 Å².